The Bertz CT molecular complexity index is 1850. The van der Waals surface area contributed by atoms with Gasteiger partial charge < -0.3 is 9.52 Å². The molecule has 0 radical (unpaired) electrons. The summed E-state index contributed by atoms with van der Waals surface area (Å²) in [5, 5.41) is 15.8. The molecule has 160 valence electrons. The van der Waals surface area contributed by atoms with Crippen LogP contribution in [0, 0.1) is 0 Å². The Morgan fingerprint density at radius 2 is 1.50 bits per heavy atom. The molecule has 4 heteroatoms. The standard InChI is InChI=1S/C30H18N2O2/c33-26-14-13-23(24-8-5-15-31-29(24)26)28-21-7-2-1-6-18(21)16-20-17-19(11-12-22(20)28)30-32-25-9-3-4-10-27(25)34-30/h1-17,33H. The van der Waals surface area contributed by atoms with Crippen LogP contribution in [-0.4, -0.2) is 15.1 Å². The SMILES string of the molecule is Oc1ccc(-c2c3ccccc3cc3cc(-c4nc5ccccc5o4)ccc23)c2cccnc12. The minimum Gasteiger partial charge on any atom is -0.506 e. The van der Waals surface area contributed by atoms with Gasteiger partial charge in [-0.2, -0.15) is 0 Å². The Labute approximate surface area is 194 Å². The second kappa shape index (κ2) is 7.15. The average molecular weight is 438 g/mol. The zero-order chi connectivity index (χ0) is 22.6. The molecule has 0 amide bonds. The van der Waals surface area contributed by atoms with Gasteiger partial charge in [-0.05, 0) is 81.2 Å². The zero-order valence-electron chi connectivity index (χ0n) is 18.1. The van der Waals surface area contributed by atoms with Crippen LogP contribution in [0.2, 0.25) is 0 Å². The van der Waals surface area contributed by atoms with E-state index < -0.39 is 0 Å². The lowest BCUT2D eigenvalue weighted by Gasteiger charge is -2.15. The highest BCUT2D eigenvalue weighted by molar-refractivity contribution is 6.17. The van der Waals surface area contributed by atoms with E-state index in [1.807, 2.05) is 42.5 Å². The van der Waals surface area contributed by atoms with Gasteiger partial charge in [0.15, 0.2) is 5.58 Å². The molecule has 5 aromatic carbocycles. The van der Waals surface area contributed by atoms with E-state index in [-0.39, 0.29) is 5.75 Å². The Balaban J connectivity index is 1.55. The first-order valence-corrected chi connectivity index (χ1v) is 11.1. The van der Waals surface area contributed by atoms with Crippen molar-refractivity contribution in [2.24, 2.45) is 0 Å². The number of phenolic OH excluding ortho intramolecular Hbond substituents is 1. The molecule has 0 unspecified atom stereocenters. The number of nitrogens with zero attached hydrogens (tertiary/aromatic N) is 2. The summed E-state index contributed by atoms with van der Waals surface area (Å²) in [6.45, 7) is 0. The minimum absolute atomic E-state index is 0.183. The van der Waals surface area contributed by atoms with E-state index in [4.69, 9.17) is 4.42 Å². The van der Waals surface area contributed by atoms with Gasteiger partial charge in [0.25, 0.3) is 0 Å². The molecule has 7 rings (SSSR count). The summed E-state index contributed by atoms with van der Waals surface area (Å²) in [6, 6.07) is 32.4. The number of hydrogen-bond acceptors (Lipinski definition) is 4. The predicted octanol–water partition coefficient (Wildman–Crippen LogP) is 7.72. The van der Waals surface area contributed by atoms with Crippen molar-refractivity contribution in [3.05, 3.63) is 103 Å². The first kappa shape index (κ1) is 18.8. The second-order valence-corrected chi connectivity index (χ2v) is 8.43. The van der Waals surface area contributed by atoms with Crippen molar-refractivity contribution in [2.45, 2.75) is 0 Å². The highest BCUT2D eigenvalue weighted by atomic mass is 16.3. The van der Waals surface area contributed by atoms with Crippen molar-refractivity contribution in [3.63, 3.8) is 0 Å². The summed E-state index contributed by atoms with van der Waals surface area (Å²) in [4.78, 5) is 9.11. The van der Waals surface area contributed by atoms with Crippen LogP contribution in [0.5, 0.6) is 5.75 Å². The van der Waals surface area contributed by atoms with Crippen LogP contribution < -0.4 is 0 Å². The fourth-order valence-electron chi connectivity index (χ4n) is 4.87. The number of pyridine rings is 1. The monoisotopic (exact) mass is 438 g/mol. The van der Waals surface area contributed by atoms with Gasteiger partial charge in [-0.1, -0.05) is 48.5 Å². The number of hydrogen-bond donors (Lipinski definition) is 1. The Kier molecular flexibility index (Phi) is 3.96. The minimum atomic E-state index is 0.183. The van der Waals surface area contributed by atoms with Crippen molar-refractivity contribution >= 4 is 43.5 Å². The quantitative estimate of drug-likeness (QED) is 0.281. The smallest absolute Gasteiger partial charge is 0.227 e. The summed E-state index contributed by atoms with van der Waals surface area (Å²) in [5.74, 6) is 0.791. The maximum absolute atomic E-state index is 10.4. The number of para-hydroxylation sites is 2. The van der Waals surface area contributed by atoms with Crippen LogP contribution in [0.15, 0.2) is 108 Å². The molecule has 7 aromatic rings. The molecule has 0 saturated carbocycles. The summed E-state index contributed by atoms with van der Waals surface area (Å²) in [6.07, 6.45) is 1.71. The molecule has 0 spiro atoms. The lowest BCUT2D eigenvalue weighted by molar-refractivity contribution is 0.480. The Morgan fingerprint density at radius 3 is 2.44 bits per heavy atom. The molecule has 0 aliphatic heterocycles. The van der Waals surface area contributed by atoms with Gasteiger partial charge in [0.2, 0.25) is 5.89 Å². The van der Waals surface area contributed by atoms with Crippen LogP contribution in [0.4, 0.5) is 0 Å². The maximum atomic E-state index is 10.4. The van der Waals surface area contributed by atoms with E-state index in [1.165, 1.54) is 0 Å². The molecular formula is C30H18N2O2. The number of aromatic hydroxyl groups is 1. The van der Waals surface area contributed by atoms with Crippen LogP contribution in [-0.2, 0) is 0 Å². The molecule has 0 aliphatic carbocycles. The van der Waals surface area contributed by atoms with Crippen molar-refractivity contribution in [1.29, 1.82) is 0 Å². The molecular weight excluding hydrogens is 420 g/mol. The predicted molar refractivity (Wildman–Crippen MR) is 137 cm³/mol. The second-order valence-electron chi connectivity index (χ2n) is 8.43. The normalized spacial score (nSPS) is 11.6. The molecule has 1 N–H and O–H groups in total. The highest BCUT2D eigenvalue weighted by Gasteiger charge is 2.16. The fourth-order valence-corrected chi connectivity index (χ4v) is 4.87. The molecule has 0 fully saturated rings. The summed E-state index contributed by atoms with van der Waals surface area (Å²) in [5.41, 5.74) is 5.32. The number of phenols is 1. The third-order valence-electron chi connectivity index (χ3n) is 6.42. The van der Waals surface area contributed by atoms with Crippen LogP contribution in [0.3, 0.4) is 0 Å². The summed E-state index contributed by atoms with van der Waals surface area (Å²) < 4.78 is 6.03. The zero-order valence-corrected chi connectivity index (χ0v) is 18.1. The van der Waals surface area contributed by atoms with E-state index in [1.54, 1.807) is 12.3 Å². The van der Waals surface area contributed by atoms with Gasteiger partial charge in [0.05, 0.1) is 0 Å². The van der Waals surface area contributed by atoms with Crippen molar-refractivity contribution in [1.82, 2.24) is 9.97 Å². The van der Waals surface area contributed by atoms with Gasteiger partial charge in [0.1, 0.15) is 16.8 Å². The number of fused-ring (bicyclic) bond motifs is 4. The van der Waals surface area contributed by atoms with E-state index in [2.05, 4.69) is 58.5 Å². The molecule has 0 saturated heterocycles. The van der Waals surface area contributed by atoms with Crippen molar-refractivity contribution < 1.29 is 9.52 Å². The van der Waals surface area contributed by atoms with Gasteiger partial charge >= 0.3 is 0 Å². The fraction of sp³-hybridized carbons (Fsp3) is 0. The maximum Gasteiger partial charge on any atom is 0.227 e. The van der Waals surface area contributed by atoms with E-state index in [0.29, 0.717) is 11.4 Å². The van der Waals surface area contributed by atoms with Gasteiger partial charge in [-0.3, -0.25) is 4.98 Å². The first-order chi connectivity index (χ1) is 16.8. The molecule has 4 nitrogen and oxygen atoms in total. The number of oxazole rings is 1. The van der Waals surface area contributed by atoms with Crippen LogP contribution in [0.25, 0.3) is 66.1 Å². The largest absolute Gasteiger partial charge is 0.506 e. The van der Waals surface area contributed by atoms with Gasteiger partial charge in [0, 0.05) is 17.1 Å². The van der Waals surface area contributed by atoms with Crippen LogP contribution in [0.1, 0.15) is 0 Å². The Hall–Kier alpha value is -4.70. The van der Waals surface area contributed by atoms with E-state index in [0.717, 1.165) is 54.7 Å². The third-order valence-corrected chi connectivity index (χ3v) is 6.42. The molecule has 0 aliphatic rings. The topological polar surface area (TPSA) is 59.2 Å². The highest BCUT2D eigenvalue weighted by Crippen LogP contribution is 2.42. The average Bonchev–Trinajstić information content (AvgIpc) is 3.32. The van der Waals surface area contributed by atoms with Crippen molar-refractivity contribution in [3.8, 4) is 28.3 Å². The summed E-state index contributed by atoms with van der Waals surface area (Å²) in [7, 11) is 0. The van der Waals surface area contributed by atoms with E-state index >= 15 is 0 Å². The number of rotatable bonds is 2. The van der Waals surface area contributed by atoms with Crippen LogP contribution >= 0.6 is 0 Å². The lowest BCUT2D eigenvalue weighted by Crippen LogP contribution is -1.89. The van der Waals surface area contributed by atoms with Gasteiger partial charge in [-0.15, -0.1) is 0 Å². The molecule has 0 atom stereocenters. The lowest BCUT2D eigenvalue weighted by atomic mass is 9.89. The number of benzene rings is 5. The van der Waals surface area contributed by atoms with Gasteiger partial charge in [-0.25, -0.2) is 4.98 Å². The third kappa shape index (κ3) is 2.79. The van der Waals surface area contributed by atoms with Crippen molar-refractivity contribution in [2.75, 3.05) is 0 Å². The molecule has 0 bridgehead atoms. The van der Waals surface area contributed by atoms with E-state index in [9.17, 15) is 5.11 Å². The molecule has 2 heterocycles. The number of aromatic nitrogens is 2. The molecule has 34 heavy (non-hydrogen) atoms. The molecule has 2 aromatic heterocycles. The summed E-state index contributed by atoms with van der Waals surface area (Å²) >= 11 is 0. The first-order valence-electron chi connectivity index (χ1n) is 11.1. The Morgan fingerprint density at radius 1 is 0.676 bits per heavy atom.